The molecule has 0 unspecified atom stereocenters. The Morgan fingerprint density at radius 3 is 2.65 bits per heavy atom. The minimum Gasteiger partial charge on any atom is -0.388 e. The number of nitrogens with zero attached hydrogens (tertiary/aromatic N) is 2. The average Bonchev–Trinajstić information content (AvgIpc) is 3.12. The highest BCUT2D eigenvalue weighted by molar-refractivity contribution is 5.74. The number of urea groups is 1. The SMILES string of the molecule is CCC(O)(CC)CNC(=O)NCc1ccccc1-n1ccnc1. The smallest absolute Gasteiger partial charge is 0.315 e. The van der Waals surface area contributed by atoms with E-state index < -0.39 is 5.60 Å². The van der Waals surface area contributed by atoms with Crippen LogP contribution in [0.3, 0.4) is 0 Å². The van der Waals surface area contributed by atoms with Crippen LogP contribution in [0.25, 0.3) is 5.69 Å². The minimum absolute atomic E-state index is 0.245. The fourth-order valence-corrected chi connectivity index (χ4v) is 2.30. The lowest BCUT2D eigenvalue weighted by Gasteiger charge is -2.25. The number of nitrogens with one attached hydrogen (secondary N) is 2. The van der Waals surface area contributed by atoms with E-state index >= 15 is 0 Å². The van der Waals surface area contributed by atoms with E-state index in [2.05, 4.69) is 15.6 Å². The molecule has 0 radical (unpaired) electrons. The number of carbonyl (C=O) groups is 1. The number of imidazole rings is 1. The number of aliphatic hydroxyl groups is 1. The van der Waals surface area contributed by atoms with Gasteiger partial charge in [-0.1, -0.05) is 32.0 Å². The van der Waals surface area contributed by atoms with Crippen LogP contribution in [0.4, 0.5) is 4.79 Å². The average molecular weight is 316 g/mol. The predicted octanol–water partition coefficient (Wildman–Crippen LogP) is 2.22. The van der Waals surface area contributed by atoms with Gasteiger partial charge < -0.3 is 20.3 Å². The van der Waals surface area contributed by atoms with Crippen LogP contribution < -0.4 is 10.6 Å². The van der Waals surface area contributed by atoms with E-state index in [1.807, 2.05) is 48.9 Å². The molecule has 2 aromatic rings. The summed E-state index contributed by atoms with van der Waals surface area (Å²) in [7, 11) is 0. The van der Waals surface area contributed by atoms with Crippen molar-refractivity contribution in [3.63, 3.8) is 0 Å². The van der Waals surface area contributed by atoms with Gasteiger partial charge in [0.2, 0.25) is 0 Å². The molecule has 1 heterocycles. The van der Waals surface area contributed by atoms with Crippen molar-refractivity contribution in [1.82, 2.24) is 20.2 Å². The lowest BCUT2D eigenvalue weighted by molar-refractivity contribution is 0.0349. The number of rotatable bonds is 7. The summed E-state index contributed by atoms with van der Waals surface area (Å²) in [4.78, 5) is 16.0. The monoisotopic (exact) mass is 316 g/mol. The zero-order valence-corrected chi connectivity index (χ0v) is 13.6. The molecule has 0 aliphatic rings. The van der Waals surface area contributed by atoms with Gasteiger partial charge in [-0.05, 0) is 24.5 Å². The van der Waals surface area contributed by atoms with Crippen LogP contribution in [0.15, 0.2) is 43.0 Å². The quantitative estimate of drug-likeness (QED) is 0.733. The van der Waals surface area contributed by atoms with Crippen LogP contribution >= 0.6 is 0 Å². The Morgan fingerprint density at radius 1 is 1.26 bits per heavy atom. The van der Waals surface area contributed by atoms with Crippen molar-refractivity contribution < 1.29 is 9.90 Å². The van der Waals surface area contributed by atoms with E-state index in [1.54, 1.807) is 12.5 Å². The Bertz CT molecular complexity index is 621. The summed E-state index contributed by atoms with van der Waals surface area (Å²) in [5, 5.41) is 15.7. The lowest BCUT2D eigenvalue weighted by atomic mass is 9.98. The minimum atomic E-state index is -0.841. The van der Waals surface area contributed by atoms with E-state index in [4.69, 9.17) is 0 Å². The Hall–Kier alpha value is -2.34. The van der Waals surface area contributed by atoms with Crippen molar-refractivity contribution in [2.75, 3.05) is 6.54 Å². The number of para-hydroxylation sites is 1. The molecule has 0 saturated carbocycles. The molecular formula is C17H24N4O2. The second-order valence-corrected chi connectivity index (χ2v) is 5.57. The van der Waals surface area contributed by atoms with Crippen molar-refractivity contribution in [3.05, 3.63) is 48.5 Å². The van der Waals surface area contributed by atoms with Gasteiger partial charge in [-0.2, -0.15) is 0 Å². The van der Waals surface area contributed by atoms with Gasteiger partial charge in [0.25, 0.3) is 0 Å². The highest BCUT2D eigenvalue weighted by Crippen LogP contribution is 2.14. The first kappa shape index (κ1) is 17.0. The van der Waals surface area contributed by atoms with E-state index in [0.29, 0.717) is 19.4 Å². The number of benzene rings is 1. The molecule has 0 spiro atoms. The van der Waals surface area contributed by atoms with E-state index in [-0.39, 0.29) is 12.6 Å². The number of amides is 2. The molecule has 0 atom stereocenters. The third-order valence-corrected chi connectivity index (χ3v) is 4.11. The van der Waals surface area contributed by atoms with Crippen molar-refractivity contribution in [2.24, 2.45) is 0 Å². The first-order valence-corrected chi connectivity index (χ1v) is 7.88. The molecule has 2 amide bonds. The van der Waals surface area contributed by atoms with Gasteiger partial charge in [0.1, 0.15) is 0 Å². The lowest BCUT2D eigenvalue weighted by Crippen LogP contribution is -2.45. The van der Waals surface area contributed by atoms with Crippen molar-refractivity contribution in [2.45, 2.75) is 38.8 Å². The van der Waals surface area contributed by atoms with Crippen molar-refractivity contribution in [1.29, 1.82) is 0 Å². The third-order valence-electron chi connectivity index (χ3n) is 4.11. The molecule has 3 N–H and O–H groups in total. The summed E-state index contributed by atoms with van der Waals surface area (Å²) < 4.78 is 1.90. The van der Waals surface area contributed by atoms with Crippen LogP contribution in [0, 0.1) is 0 Å². The maximum atomic E-state index is 11.9. The van der Waals surface area contributed by atoms with Crippen LogP contribution in [0.1, 0.15) is 32.3 Å². The highest BCUT2D eigenvalue weighted by Gasteiger charge is 2.22. The number of carbonyl (C=O) groups excluding carboxylic acids is 1. The maximum Gasteiger partial charge on any atom is 0.315 e. The van der Waals surface area contributed by atoms with Crippen LogP contribution in [0.5, 0.6) is 0 Å². The molecule has 0 fully saturated rings. The standard InChI is InChI=1S/C17H24N4O2/c1-3-17(23,4-2)12-20-16(22)19-11-14-7-5-6-8-15(14)21-10-9-18-13-21/h5-10,13,23H,3-4,11-12H2,1-2H3,(H2,19,20,22). The Kier molecular flexibility index (Phi) is 5.76. The zero-order valence-electron chi connectivity index (χ0n) is 13.6. The summed E-state index contributed by atoms with van der Waals surface area (Å²) in [6.07, 6.45) is 6.51. The second-order valence-electron chi connectivity index (χ2n) is 5.57. The Balaban J connectivity index is 1.93. The van der Waals surface area contributed by atoms with Gasteiger partial charge in [0.15, 0.2) is 0 Å². The van der Waals surface area contributed by atoms with Gasteiger partial charge in [0, 0.05) is 25.5 Å². The summed E-state index contributed by atoms with van der Waals surface area (Å²) in [6, 6.07) is 7.53. The van der Waals surface area contributed by atoms with Crippen molar-refractivity contribution >= 4 is 6.03 Å². The Morgan fingerprint density at radius 2 is 2.00 bits per heavy atom. The normalized spacial score (nSPS) is 11.3. The maximum absolute atomic E-state index is 11.9. The summed E-state index contributed by atoms with van der Waals surface area (Å²) >= 11 is 0. The molecule has 0 aliphatic heterocycles. The number of hydrogen-bond acceptors (Lipinski definition) is 3. The van der Waals surface area contributed by atoms with Crippen LogP contribution in [0.2, 0.25) is 0 Å². The first-order chi connectivity index (χ1) is 11.1. The fourth-order valence-electron chi connectivity index (χ4n) is 2.30. The van der Waals surface area contributed by atoms with E-state index in [0.717, 1.165) is 11.3 Å². The van der Waals surface area contributed by atoms with Crippen LogP contribution in [-0.2, 0) is 6.54 Å². The summed E-state index contributed by atoms with van der Waals surface area (Å²) in [5.41, 5.74) is 1.12. The van der Waals surface area contributed by atoms with E-state index in [9.17, 15) is 9.90 Å². The summed E-state index contributed by atoms with van der Waals surface area (Å²) in [6.45, 7) is 4.46. The zero-order chi connectivity index (χ0) is 16.7. The molecule has 1 aromatic heterocycles. The molecule has 1 aromatic carbocycles. The molecule has 0 aliphatic carbocycles. The Labute approximate surface area is 136 Å². The number of aromatic nitrogens is 2. The molecule has 6 nitrogen and oxygen atoms in total. The molecule has 0 bridgehead atoms. The van der Waals surface area contributed by atoms with Gasteiger partial charge in [0.05, 0.1) is 17.6 Å². The van der Waals surface area contributed by atoms with E-state index in [1.165, 1.54) is 0 Å². The molecular weight excluding hydrogens is 292 g/mol. The van der Waals surface area contributed by atoms with Gasteiger partial charge >= 0.3 is 6.03 Å². The highest BCUT2D eigenvalue weighted by atomic mass is 16.3. The van der Waals surface area contributed by atoms with Gasteiger partial charge in [-0.15, -0.1) is 0 Å². The molecule has 2 rings (SSSR count). The predicted molar refractivity (Wildman–Crippen MR) is 89.3 cm³/mol. The second kappa shape index (κ2) is 7.78. The first-order valence-electron chi connectivity index (χ1n) is 7.88. The third kappa shape index (κ3) is 4.56. The van der Waals surface area contributed by atoms with Gasteiger partial charge in [-0.25, -0.2) is 9.78 Å². The van der Waals surface area contributed by atoms with Gasteiger partial charge in [-0.3, -0.25) is 0 Å². The van der Waals surface area contributed by atoms with Crippen molar-refractivity contribution in [3.8, 4) is 5.69 Å². The topological polar surface area (TPSA) is 79.2 Å². The summed E-state index contributed by atoms with van der Waals surface area (Å²) in [5.74, 6) is 0. The van der Waals surface area contributed by atoms with Crippen LogP contribution in [-0.4, -0.2) is 32.8 Å². The molecule has 124 valence electrons. The largest absolute Gasteiger partial charge is 0.388 e. The molecule has 0 saturated heterocycles. The molecule has 23 heavy (non-hydrogen) atoms. The fraction of sp³-hybridized carbons (Fsp3) is 0.412. The molecule has 6 heteroatoms. The number of hydrogen-bond donors (Lipinski definition) is 3.